The predicted molar refractivity (Wildman–Crippen MR) is 86.7 cm³/mol. The molecular formula is C13H16Br2N2OS. The first-order valence-corrected chi connectivity index (χ1v) is 8.71. The number of hydrogen-bond acceptors (Lipinski definition) is 4. The summed E-state index contributed by atoms with van der Waals surface area (Å²) in [6, 6.07) is 2.04. The highest BCUT2D eigenvalue weighted by Gasteiger charge is 2.11. The molecule has 0 spiro atoms. The summed E-state index contributed by atoms with van der Waals surface area (Å²) in [5.41, 5.74) is 0. The van der Waals surface area contributed by atoms with Crippen molar-refractivity contribution in [3.05, 3.63) is 26.4 Å². The summed E-state index contributed by atoms with van der Waals surface area (Å²) < 4.78 is 7.90. The van der Waals surface area contributed by atoms with Crippen LogP contribution in [0.4, 0.5) is 0 Å². The second-order valence-electron chi connectivity index (χ2n) is 4.20. The van der Waals surface area contributed by atoms with E-state index in [0.717, 1.165) is 50.7 Å². The van der Waals surface area contributed by atoms with Crippen molar-refractivity contribution < 1.29 is 4.42 Å². The van der Waals surface area contributed by atoms with Crippen LogP contribution in [0.3, 0.4) is 0 Å². The standard InChI is InChI=1S/C13H16Br2N2OS/c1-2-5-16-6-3-4-12-17-8-10(18-12)11-7-9(14)13(15)19-11/h7-8,16H,2-6H2,1H3. The third-order valence-electron chi connectivity index (χ3n) is 2.61. The molecule has 6 heteroatoms. The molecule has 0 unspecified atom stereocenters. The van der Waals surface area contributed by atoms with Crippen LogP contribution in [0.1, 0.15) is 25.7 Å². The van der Waals surface area contributed by atoms with Crippen molar-refractivity contribution in [2.45, 2.75) is 26.2 Å². The van der Waals surface area contributed by atoms with Crippen molar-refractivity contribution in [3.8, 4) is 10.6 Å². The molecule has 0 aliphatic carbocycles. The minimum Gasteiger partial charge on any atom is -0.440 e. The third-order valence-corrected chi connectivity index (χ3v) is 5.88. The molecule has 0 amide bonds. The smallest absolute Gasteiger partial charge is 0.194 e. The average Bonchev–Trinajstić information content (AvgIpc) is 2.97. The zero-order valence-electron chi connectivity index (χ0n) is 10.7. The minimum absolute atomic E-state index is 0.814. The van der Waals surface area contributed by atoms with Crippen LogP contribution in [0, 0.1) is 0 Å². The lowest BCUT2D eigenvalue weighted by molar-refractivity contribution is 0.492. The minimum atomic E-state index is 0.814. The van der Waals surface area contributed by atoms with E-state index in [1.807, 2.05) is 6.07 Å². The summed E-state index contributed by atoms with van der Waals surface area (Å²) in [5.74, 6) is 1.65. The van der Waals surface area contributed by atoms with Crippen molar-refractivity contribution in [1.82, 2.24) is 10.3 Å². The lowest BCUT2D eigenvalue weighted by Gasteiger charge is -2.00. The van der Waals surface area contributed by atoms with E-state index in [0.29, 0.717) is 0 Å². The van der Waals surface area contributed by atoms with Crippen molar-refractivity contribution in [2.24, 2.45) is 0 Å². The average molecular weight is 408 g/mol. The van der Waals surface area contributed by atoms with Crippen LogP contribution in [0.15, 0.2) is 24.9 Å². The molecule has 19 heavy (non-hydrogen) atoms. The number of halogens is 2. The summed E-state index contributed by atoms with van der Waals surface area (Å²) in [6.07, 6.45) is 4.91. The van der Waals surface area contributed by atoms with Crippen LogP contribution < -0.4 is 5.32 Å². The zero-order valence-corrected chi connectivity index (χ0v) is 14.7. The highest BCUT2D eigenvalue weighted by atomic mass is 79.9. The number of aromatic nitrogens is 1. The van der Waals surface area contributed by atoms with Gasteiger partial charge in [0.2, 0.25) is 0 Å². The molecule has 0 bridgehead atoms. The molecule has 0 radical (unpaired) electrons. The van der Waals surface area contributed by atoms with Gasteiger partial charge in [-0.1, -0.05) is 6.92 Å². The van der Waals surface area contributed by atoms with E-state index in [9.17, 15) is 0 Å². The van der Waals surface area contributed by atoms with Crippen LogP contribution in [-0.2, 0) is 6.42 Å². The molecule has 104 valence electrons. The fourth-order valence-electron chi connectivity index (χ4n) is 1.67. The normalized spacial score (nSPS) is 11.1. The van der Waals surface area contributed by atoms with Crippen LogP contribution in [0.25, 0.3) is 10.6 Å². The molecule has 0 aliphatic rings. The maximum absolute atomic E-state index is 5.77. The molecule has 0 fully saturated rings. The number of oxazole rings is 1. The van der Waals surface area contributed by atoms with Gasteiger partial charge in [0, 0.05) is 10.9 Å². The van der Waals surface area contributed by atoms with E-state index in [4.69, 9.17) is 4.42 Å². The second-order valence-corrected chi connectivity index (χ2v) is 7.43. The maximum Gasteiger partial charge on any atom is 0.194 e. The molecule has 1 N–H and O–H groups in total. The lowest BCUT2D eigenvalue weighted by Crippen LogP contribution is -2.16. The first kappa shape index (κ1) is 15.2. The van der Waals surface area contributed by atoms with Gasteiger partial charge in [-0.25, -0.2) is 4.98 Å². The third kappa shape index (κ3) is 4.41. The zero-order chi connectivity index (χ0) is 13.7. The highest BCUT2D eigenvalue weighted by molar-refractivity contribution is 9.13. The van der Waals surface area contributed by atoms with Crippen LogP contribution in [0.2, 0.25) is 0 Å². The summed E-state index contributed by atoms with van der Waals surface area (Å²) in [7, 11) is 0. The van der Waals surface area contributed by atoms with E-state index >= 15 is 0 Å². The molecule has 0 atom stereocenters. The quantitative estimate of drug-likeness (QED) is 0.666. The van der Waals surface area contributed by atoms with E-state index in [2.05, 4.69) is 49.1 Å². The SMILES string of the molecule is CCCNCCCc1ncc(-c2cc(Br)c(Br)s2)o1. The predicted octanol–water partition coefficient (Wildman–Crippen LogP) is 4.86. The van der Waals surface area contributed by atoms with Gasteiger partial charge in [-0.05, 0) is 63.9 Å². The molecule has 0 saturated heterocycles. The number of thiophene rings is 1. The molecule has 2 rings (SSSR count). The Morgan fingerprint density at radius 2 is 2.21 bits per heavy atom. The highest BCUT2D eigenvalue weighted by Crippen LogP contribution is 2.38. The van der Waals surface area contributed by atoms with E-state index in [-0.39, 0.29) is 0 Å². The molecule has 0 aromatic carbocycles. The molecule has 2 aromatic heterocycles. The van der Waals surface area contributed by atoms with Crippen LogP contribution >= 0.6 is 43.2 Å². The van der Waals surface area contributed by atoms with Gasteiger partial charge >= 0.3 is 0 Å². The Morgan fingerprint density at radius 1 is 1.37 bits per heavy atom. The second kappa shape index (κ2) is 7.57. The van der Waals surface area contributed by atoms with E-state index < -0.39 is 0 Å². The summed E-state index contributed by atoms with van der Waals surface area (Å²) in [4.78, 5) is 5.42. The Balaban J connectivity index is 1.88. The Hall–Kier alpha value is -0.170. The topological polar surface area (TPSA) is 38.1 Å². The monoisotopic (exact) mass is 406 g/mol. The van der Waals surface area contributed by atoms with Gasteiger partial charge in [-0.15, -0.1) is 11.3 Å². The van der Waals surface area contributed by atoms with Crippen molar-refractivity contribution in [3.63, 3.8) is 0 Å². The van der Waals surface area contributed by atoms with E-state index in [1.54, 1.807) is 17.5 Å². The van der Waals surface area contributed by atoms with Gasteiger partial charge in [0.1, 0.15) is 0 Å². The Morgan fingerprint density at radius 3 is 2.89 bits per heavy atom. The number of rotatable bonds is 7. The van der Waals surface area contributed by atoms with Gasteiger partial charge in [0.25, 0.3) is 0 Å². The molecule has 2 aromatic rings. The Bertz CT molecular complexity index is 505. The van der Waals surface area contributed by atoms with E-state index in [1.165, 1.54) is 6.42 Å². The molecule has 0 saturated carbocycles. The number of hydrogen-bond donors (Lipinski definition) is 1. The number of nitrogens with one attached hydrogen (secondary N) is 1. The van der Waals surface area contributed by atoms with Gasteiger partial charge in [0.05, 0.1) is 14.9 Å². The molecule has 0 aliphatic heterocycles. The summed E-state index contributed by atoms with van der Waals surface area (Å²) in [5, 5.41) is 3.37. The fourth-order valence-corrected chi connectivity index (χ4v) is 3.66. The summed E-state index contributed by atoms with van der Waals surface area (Å²) in [6.45, 7) is 4.26. The lowest BCUT2D eigenvalue weighted by atomic mass is 10.3. The first-order chi connectivity index (χ1) is 9.20. The number of aryl methyl sites for hydroxylation is 1. The van der Waals surface area contributed by atoms with Crippen molar-refractivity contribution in [1.29, 1.82) is 0 Å². The van der Waals surface area contributed by atoms with Gasteiger partial charge in [-0.2, -0.15) is 0 Å². The molecular weight excluding hydrogens is 392 g/mol. The van der Waals surface area contributed by atoms with Crippen molar-refractivity contribution in [2.75, 3.05) is 13.1 Å². The first-order valence-electron chi connectivity index (χ1n) is 6.31. The largest absolute Gasteiger partial charge is 0.440 e. The van der Waals surface area contributed by atoms with Crippen LogP contribution in [-0.4, -0.2) is 18.1 Å². The summed E-state index contributed by atoms with van der Waals surface area (Å²) >= 11 is 8.61. The van der Waals surface area contributed by atoms with Gasteiger partial charge in [-0.3, -0.25) is 0 Å². The molecule has 3 nitrogen and oxygen atoms in total. The fraction of sp³-hybridized carbons (Fsp3) is 0.462. The Labute approximate surface area is 134 Å². The molecule has 2 heterocycles. The van der Waals surface area contributed by atoms with Crippen molar-refractivity contribution >= 4 is 43.2 Å². The number of nitrogens with zero attached hydrogens (tertiary/aromatic N) is 1. The van der Waals surface area contributed by atoms with Gasteiger partial charge in [0.15, 0.2) is 11.7 Å². The Kier molecular flexibility index (Phi) is 6.06. The maximum atomic E-state index is 5.77. The van der Waals surface area contributed by atoms with Crippen LogP contribution in [0.5, 0.6) is 0 Å². The van der Waals surface area contributed by atoms with Gasteiger partial charge < -0.3 is 9.73 Å².